The van der Waals surface area contributed by atoms with Gasteiger partial charge in [0.1, 0.15) is 5.75 Å². The minimum Gasteiger partial charge on any atom is -0.493 e. The molecule has 2 N–H and O–H groups in total. The lowest BCUT2D eigenvalue weighted by Gasteiger charge is -2.32. The molecule has 106 valence electrons. The van der Waals surface area contributed by atoms with E-state index in [0.717, 1.165) is 45.0 Å². The lowest BCUT2D eigenvalue weighted by atomic mass is 10.1. The Hall–Kier alpha value is -0.810. The molecule has 3 rings (SSSR count). The number of hydrogen-bond donors (Lipinski definition) is 1. The van der Waals surface area contributed by atoms with E-state index >= 15 is 0 Å². The Morgan fingerprint density at radius 2 is 2.21 bits per heavy atom. The minimum atomic E-state index is 0. The summed E-state index contributed by atoms with van der Waals surface area (Å²) < 4.78 is 11.1. The summed E-state index contributed by atoms with van der Waals surface area (Å²) in [7, 11) is 0. The van der Waals surface area contributed by atoms with Gasteiger partial charge in [-0.2, -0.15) is 0 Å². The average molecular weight is 285 g/mol. The van der Waals surface area contributed by atoms with Crippen molar-refractivity contribution in [3.63, 3.8) is 0 Å². The van der Waals surface area contributed by atoms with Gasteiger partial charge in [-0.1, -0.05) is 12.1 Å². The van der Waals surface area contributed by atoms with E-state index in [1.54, 1.807) is 0 Å². The van der Waals surface area contributed by atoms with Crippen molar-refractivity contribution in [2.45, 2.75) is 19.1 Å². The Morgan fingerprint density at radius 1 is 1.32 bits per heavy atom. The Kier molecular flexibility index (Phi) is 5.05. The summed E-state index contributed by atoms with van der Waals surface area (Å²) in [6.45, 7) is 5.12. The number of benzene rings is 1. The maximum Gasteiger partial charge on any atom is 0.122 e. The van der Waals surface area contributed by atoms with E-state index in [-0.39, 0.29) is 18.5 Å². The number of ether oxygens (including phenoxy) is 2. The molecule has 0 aliphatic carbocycles. The molecule has 1 aromatic carbocycles. The third-order valence-corrected chi connectivity index (χ3v) is 3.65. The summed E-state index contributed by atoms with van der Waals surface area (Å²) in [4.78, 5) is 2.42. The van der Waals surface area contributed by atoms with Gasteiger partial charge >= 0.3 is 0 Å². The highest BCUT2D eigenvalue weighted by atomic mass is 35.5. The van der Waals surface area contributed by atoms with Gasteiger partial charge in [-0.15, -0.1) is 12.4 Å². The van der Waals surface area contributed by atoms with Crippen molar-refractivity contribution in [1.82, 2.24) is 4.90 Å². The first-order valence-electron chi connectivity index (χ1n) is 6.64. The van der Waals surface area contributed by atoms with Gasteiger partial charge in [0.2, 0.25) is 0 Å². The molecule has 2 heterocycles. The van der Waals surface area contributed by atoms with Crippen molar-refractivity contribution in [1.29, 1.82) is 0 Å². The van der Waals surface area contributed by atoms with Crippen molar-refractivity contribution in [2.24, 2.45) is 5.73 Å². The first kappa shape index (κ1) is 14.6. The lowest BCUT2D eigenvalue weighted by molar-refractivity contribution is -0.0260. The van der Waals surface area contributed by atoms with Gasteiger partial charge in [-0.3, -0.25) is 4.90 Å². The quantitative estimate of drug-likeness (QED) is 0.906. The molecule has 0 amide bonds. The fourth-order valence-corrected chi connectivity index (χ4v) is 2.66. The van der Waals surface area contributed by atoms with Crippen LogP contribution >= 0.6 is 12.4 Å². The maximum atomic E-state index is 5.66. The second kappa shape index (κ2) is 6.57. The van der Waals surface area contributed by atoms with Crippen LogP contribution in [0.5, 0.6) is 5.75 Å². The smallest absolute Gasteiger partial charge is 0.122 e. The van der Waals surface area contributed by atoms with E-state index in [1.807, 2.05) is 0 Å². The zero-order valence-corrected chi connectivity index (χ0v) is 11.8. The SMILES string of the molecule is Cl.NCC1CN(Cc2ccc3c(c2)CCO3)CCO1. The third kappa shape index (κ3) is 3.39. The molecule has 0 spiro atoms. The van der Waals surface area contributed by atoms with Gasteiger partial charge in [0.25, 0.3) is 0 Å². The zero-order chi connectivity index (χ0) is 12.4. The van der Waals surface area contributed by atoms with Crippen LogP contribution in [-0.4, -0.2) is 43.9 Å². The summed E-state index contributed by atoms with van der Waals surface area (Å²) in [5.41, 5.74) is 8.37. The molecule has 0 aromatic heterocycles. The third-order valence-electron chi connectivity index (χ3n) is 3.65. The number of morpholine rings is 1. The molecule has 0 radical (unpaired) electrons. The van der Waals surface area contributed by atoms with E-state index in [0.29, 0.717) is 6.54 Å². The normalized spacial score (nSPS) is 22.5. The second-order valence-electron chi connectivity index (χ2n) is 5.00. The van der Waals surface area contributed by atoms with Crippen LogP contribution in [0.1, 0.15) is 11.1 Å². The number of halogens is 1. The molecule has 5 heteroatoms. The summed E-state index contributed by atoms with van der Waals surface area (Å²) in [5, 5.41) is 0. The van der Waals surface area contributed by atoms with Gasteiger partial charge in [0.15, 0.2) is 0 Å². The van der Waals surface area contributed by atoms with Gasteiger partial charge < -0.3 is 15.2 Å². The number of hydrogen-bond acceptors (Lipinski definition) is 4. The first-order valence-corrected chi connectivity index (χ1v) is 6.64. The summed E-state index contributed by atoms with van der Waals surface area (Å²) in [6, 6.07) is 6.53. The van der Waals surface area contributed by atoms with Crippen LogP contribution in [0.15, 0.2) is 18.2 Å². The van der Waals surface area contributed by atoms with Crippen LogP contribution in [-0.2, 0) is 17.7 Å². The highest BCUT2D eigenvalue weighted by Crippen LogP contribution is 2.26. The Bertz CT molecular complexity index is 428. The maximum absolute atomic E-state index is 5.66. The van der Waals surface area contributed by atoms with Crippen LogP contribution < -0.4 is 10.5 Å². The largest absolute Gasteiger partial charge is 0.493 e. The second-order valence-corrected chi connectivity index (χ2v) is 5.00. The van der Waals surface area contributed by atoms with E-state index < -0.39 is 0 Å². The van der Waals surface area contributed by atoms with Crippen LogP contribution in [0, 0.1) is 0 Å². The van der Waals surface area contributed by atoms with Crippen molar-refractivity contribution >= 4 is 12.4 Å². The summed E-state index contributed by atoms with van der Waals surface area (Å²) >= 11 is 0. The number of fused-ring (bicyclic) bond motifs is 1. The van der Waals surface area contributed by atoms with Gasteiger partial charge in [0.05, 0.1) is 19.3 Å². The molecule has 0 saturated carbocycles. The summed E-state index contributed by atoms with van der Waals surface area (Å²) in [6.07, 6.45) is 1.23. The fraction of sp³-hybridized carbons (Fsp3) is 0.571. The van der Waals surface area contributed by atoms with E-state index in [1.165, 1.54) is 11.1 Å². The molecule has 2 aliphatic heterocycles. The van der Waals surface area contributed by atoms with Crippen molar-refractivity contribution < 1.29 is 9.47 Å². The van der Waals surface area contributed by atoms with Gasteiger partial charge in [0, 0.05) is 32.6 Å². The molecule has 1 aromatic rings. The Labute approximate surface area is 120 Å². The van der Waals surface area contributed by atoms with E-state index in [9.17, 15) is 0 Å². The Balaban J connectivity index is 0.00000133. The average Bonchev–Trinajstić information content (AvgIpc) is 2.86. The fourth-order valence-electron chi connectivity index (χ4n) is 2.66. The summed E-state index contributed by atoms with van der Waals surface area (Å²) in [5.74, 6) is 1.06. The molecular formula is C14H21ClN2O2. The highest BCUT2D eigenvalue weighted by molar-refractivity contribution is 5.85. The standard InChI is InChI=1S/C14H20N2O2.ClH/c15-8-13-10-16(4-6-17-13)9-11-1-2-14-12(7-11)3-5-18-14;/h1-2,7,13H,3-6,8-10,15H2;1H. The van der Waals surface area contributed by atoms with Crippen LogP contribution in [0.25, 0.3) is 0 Å². The number of rotatable bonds is 3. The molecule has 1 fully saturated rings. The molecular weight excluding hydrogens is 264 g/mol. The predicted octanol–water partition coefficient (Wildman–Crippen LogP) is 1.20. The molecule has 0 bridgehead atoms. The lowest BCUT2D eigenvalue weighted by Crippen LogP contribution is -2.45. The van der Waals surface area contributed by atoms with Gasteiger partial charge in [-0.05, 0) is 17.2 Å². The molecule has 1 unspecified atom stereocenters. The van der Waals surface area contributed by atoms with Crippen LogP contribution in [0.2, 0.25) is 0 Å². The Morgan fingerprint density at radius 3 is 3.05 bits per heavy atom. The zero-order valence-electron chi connectivity index (χ0n) is 11.0. The predicted molar refractivity (Wildman–Crippen MR) is 77.0 cm³/mol. The molecule has 2 aliphatic rings. The van der Waals surface area contributed by atoms with Gasteiger partial charge in [-0.25, -0.2) is 0 Å². The minimum absolute atomic E-state index is 0. The highest BCUT2D eigenvalue weighted by Gasteiger charge is 2.20. The van der Waals surface area contributed by atoms with E-state index in [2.05, 4.69) is 23.1 Å². The number of nitrogens with two attached hydrogens (primary N) is 1. The first-order chi connectivity index (χ1) is 8.85. The monoisotopic (exact) mass is 284 g/mol. The molecule has 1 saturated heterocycles. The molecule has 19 heavy (non-hydrogen) atoms. The van der Waals surface area contributed by atoms with Crippen molar-refractivity contribution in [2.75, 3.05) is 32.8 Å². The van der Waals surface area contributed by atoms with E-state index in [4.69, 9.17) is 15.2 Å². The molecule has 1 atom stereocenters. The number of nitrogens with zero attached hydrogens (tertiary/aromatic N) is 1. The molecule has 4 nitrogen and oxygen atoms in total. The topological polar surface area (TPSA) is 47.7 Å². The van der Waals surface area contributed by atoms with Crippen LogP contribution in [0.3, 0.4) is 0 Å². The van der Waals surface area contributed by atoms with Crippen molar-refractivity contribution in [3.05, 3.63) is 29.3 Å². The van der Waals surface area contributed by atoms with Crippen molar-refractivity contribution in [3.8, 4) is 5.75 Å². The van der Waals surface area contributed by atoms with Crippen LogP contribution in [0.4, 0.5) is 0 Å².